The van der Waals surface area contributed by atoms with Crippen LogP contribution in [0.15, 0.2) is 73.6 Å². The first-order valence-electron chi connectivity index (χ1n) is 17.0. The van der Waals surface area contributed by atoms with Gasteiger partial charge in [0, 0.05) is 92.4 Å². The third-order valence-corrected chi connectivity index (χ3v) is 9.52. The number of carbonyl (C=O) groups is 1. The minimum Gasteiger partial charge on any atom is -0.444 e. The molecule has 0 bridgehead atoms. The summed E-state index contributed by atoms with van der Waals surface area (Å²) < 4.78 is 9.34. The highest BCUT2D eigenvalue weighted by Gasteiger charge is 2.28. The van der Waals surface area contributed by atoms with E-state index in [0.717, 1.165) is 78.3 Å². The van der Waals surface area contributed by atoms with Crippen molar-refractivity contribution >= 4 is 17.4 Å². The monoisotopic (exact) mass is 658 g/mol. The number of fused-ring (bicyclic) bond motifs is 1. The zero-order valence-corrected chi connectivity index (χ0v) is 28.5. The van der Waals surface area contributed by atoms with E-state index in [1.165, 1.54) is 0 Å². The van der Waals surface area contributed by atoms with Gasteiger partial charge in [0.25, 0.3) is 0 Å². The number of carbonyl (C=O) groups excluding carboxylic acids is 1. The van der Waals surface area contributed by atoms with Crippen molar-refractivity contribution in [3.05, 3.63) is 84.8 Å². The van der Waals surface area contributed by atoms with Crippen molar-refractivity contribution in [2.45, 2.75) is 58.2 Å². The number of piperidine rings is 1. The minimum atomic E-state index is -0.513. The van der Waals surface area contributed by atoms with Gasteiger partial charge in [-0.2, -0.15) is 15.5 Å². The van der Waals surface area contributed by atoms with E-state index in [2.05, 4.69) is 63.3 Å². The van der Waals surface area contributed by atoms with E-state index in [1.807, 2.05) is 62.4 Å². The van der Waals surface area contributed by atoms with Gasteiger partial charge in [0.2, 0.25) is 0 Å². The van der Waals surface area contributed by atoms with Crippen molar-refractivity contribution in [1.29, 1.82) is 5.26 Å². The van der Waals surface area contributed by atoms with Crippen LogP contribution in [0.3, 0.4) is 0 Å². The standard InChI is InChI=1S/C37H42N10O2/c1-26(33-7-5-6-12-39-33)43-15-17-44(18-16-43)34-9-8-27(21-40-34)32-19-28(24-47-35(32)29(20-38)22-42-47)30-23-41-46(25-30)31-10-13-45(14-11-31)36(48)49-37(2,3)4/h5-9,12,19,21-26,31H,10-11,13-18H2,1-4H3/t26-/m1/s1. The molecule has 12 nitrogen and oxygen atoms in total. The van der Waals surface area contributed by atoms with Crippen molar-refractivity contribution in [3.63, 3.8) is 0 Å². The van der Waals surface area contributed by atoms with Gasteiger partial charge in [-0.3, -0.25) is 14.6 Å². The Labute approximate surface area is 286 Å². The smallest absolute Gasteiger partial charge is 0.410 e. The van der Waals surface area contributed by atoms with Gasteiger partial charge in [0.1, 0.15) is 17.5 Å². The van der Waals surface area contributed by atoms with E-state index < -0.39 is 5.60 Å². The van der Waals surface area contributed by atoms with Crippen LogP contribution >= 0.6 is 0 Å². The van der Waals surface area contributed by atoms with Crippen LogP contribution in [0, 0.1) is 11.3 Å². The summed E-state index contributed by atoms with van der Waals surface area (Å²) in [5, 5.41) is 19.2. The zero-order valence-electron chi connectivity index (χ0n) is 28.5. The Bertz CT molecular complexity index is 1960. The number of ether oxygens (including phenoxy) is 1. The molecule has 12 heteroatoms. The number of hydrogen-bond acceptors (Lipinski definition) is 9. The van der Waals surface area contributed by atoms with Crippen molar-refractivity contribution in [3.8, 4) is 28.3 Å². The lowest BCUT2D eigenvalue weighted by Gasteiger charge is -2.38. The fraction of sp³-hybridized carbons (Fsp3) is 0.405. The maximum absolute atomic E-state index is 12.5. The molecule has 0 aliphatic carbocycles. The Kier molecular flexibility index (Phi) is 8.77. The summed E-state index contributed by atoms with van der Waals surface area (Å²) in [6.45, 7) is 12.8. The first kappa shape index (κ1) is 32.3. The molecule has 2 saturated heterocycles. The molecule has 7 heterocycles. The van der Waals surface area contributed by atoms with Gasteiger partial charge >= 0.3 is 6.09 Å². The highest BCUT2D eigenvalue weighted by molar-refractivity contribution is 5.87. The summed E-state index contributed by atoms with van der Waals surface area (Å²) >= 11 is 0. The average molecular weight is 659 g/mol. The van der Waals surface area contributed by atoms with Gasteiger partial charge < -0.3 is 14.5 Å². The molecule has 49 heavy (non-hydrogen) atoms. The SMILES string of the molecule is C[C@H](c1ccccn1)N1CCN(c2ccc(-c3cc(-c4cnn(C5CCN(C(=O)OC(C)(C)C)CC5)c4)cn4ncc(C#N)c34)cn2)CC1. The highest BCUT2D eigenvalue weighted by Crippen LogP contribution is 2.34. The van der Waals surface area contributed by atoms with E-state index in [0.29, 0.717) is 18.7 Å². The molecule has 7 rings (SSSR count). The summed E-state index contributed by atoms with van der Waals surface area (Å²) in [5.74, 6) is 0.939. The van der Waals surface area contributed by atoms with Crippen LogP contribution in [0.1, 0.15) is 63.9 Å². The molecule has 252 valence electrons. The molecule has 5 aromatic heterocycles. The van der Waals surface area contributed by atoms with E-state index in [9.17, 15) is 10.1 Å². The van der Waals surface area contributed by atoms with Gasteiger partial charge in [-0.05, 0) is 70.9 Å². The third-order valence-electron chi connectivity index (χ3n) is 9.52. The number of amides is 1. The highest BCUT2D eigenvalue weighted by atomic mass is 16.6. The predicted octanol–water partition coefficient (Wildman–Crippen LogP) is 5.98. The summed E-state index contributed by atoms with van der Waals surface area (Å²) in [6, 6.07) is 15.1. The van der Waals surface area contributed by atoms with Crippen molar-refractivity contribution < 1.29 is 9.53 Å². The molecule has 2 aliphatic rings. The molecule has 1 atom stereocenters. The van der Waals surface area contributed by atoms with Crippen LogP contribution in [0.4, 0.5) is 10.6 Å². The molecule has 0 radical (unpaired) electrons. The fourth-order valence-corrected chi connectivity index (χ4v) is 6.79. The number of nitrogens with zero attached hydrogens (tertiary/aromatic N) is 10. The normalized spacial score (nSPS) is 16.9. The Balaban J connectivity index is 1.07. The van der Waals surface area contributed by atoms with Crippen LogP contribution in [-0.2, 0) is 4.74 Å². The van der Waals surface area contributed by atoms with Crippen molar-refractivity contribution in [2.75, 3.05) is 44.2 Å². The van der Waals surface area contributed by atoms with Crippen molar-refractivity contribution in [1.82, 2.24) is 39.2 Å². The van der Waals surface area contributed by atoms with E-state index in [-0.39, 0.29) is 18.2 Å². The van der Waals surface area contributed by atoms with Gasteiger partial charge in [-0.15, -0.1) is 0 Å². The number of likely N-dealkylation sites (tertiary alicyclic amines) is 1. The summed E-state index contributed by atoms with van der Waals surface area (Å²) in [7, 11) is 0. The molecule has 0 saturated carbocycles. The van der Waals surface area contributed by atoms with E-state index in [4.69, 9.17) is 14.8 Å². The Morgan fingerprint density at radius 1 is 0.918 bits per heavy atom. The molecular weight excluding hydrogens is 616 g/mol. The predicted molar refractivity (Wildman–Crippen MR) is 187 cm³/mol. The second-order valence-corrected chi connectivity index (χ2v) is 13.9. The molecule has 5 aromatic rings. The summed E-state index contributed by atoms with van der Waals surface area (Å²) in [5.41, 5.74) is 5.54. The van der Waals surface area contributed by atoms with Gasteiger partial charge in [0.15, 0.2) is 0 Å². The topological polar surface area (TPSA) is 121 Å². The molecule has 0 unspecified atom stereocenters. The number of nitriles is 1. The van der Waals surface area contributed by atoms with Crippen LogP contribution in [-0.4, -0.2) is 90.1 Å². The number of rotatable bonds is 6. The quantitative estimate of drug-likeness (QED) is 0.217. The molecule has 2 aliphatic heterocycles. The number of pyridine rings is 3. The Morgan fingerprint density at radius 2 is 1.71 bits per heavy atom. The van der Waals surface area contributed by atoms with Gasteiger partial charge in [0.05, 0.1) is 35.2 Å². The van der Waals surface area contributed by atoms with Gasteiger partial charge in [-0.25, -0.2) is 14.3 Å². The Morgan fingerprint density at radius 3 is 2.39 bits per heavy atom. The number of aromatic nitrogens is 6. The third kappa shape index (κ3) is 6.85. The van der Waals surface area contributed by atoms with Crippen LogP contribution in [0.5, 0.6) is 0 Å². The lowest BCUT2D eigenvalue weighted by molar-refractivity contribution is 0.0185. The van der Waals surface area contributed by atoms with Crippen LogP contribution in [0.25, 0.3) is 27.8 Å². The summed E-state index contributed by atoms with van der Waals surface area (Å²) in [6.07, 6.45) is 12.6. The minimum absolute atomic E-state index is 0.183. The number of anilines is 1. The van der Waals surface area contributed by atoms with Crippen LogP contribution in [0.2, 0.25) is 0 Å². The average Bonchev–Trinajstić information content (AvgIpc) is 3.79. The number of piperazine rings is 1. The lowest BCUT2D eigenvalue weighted by Crippen LogP contribution is -2.47. The largest absolute Gasteiger partial charge is 0.444 e. The summed E-state index contributed by atoms with van der Waals surface area (Å²) in [4.78, 5) is 28.6. The maximum Gasteiger partial charge on any atom is 0.410 e. The molecule has 0 spiro atoms. The van der Waals surface area contributed by atoms with E-state index in [1.54, 1.807) is 15.6 Å². The molecule has 0 N–H and O–H groups in total. The lowest BCUT2D eigenvalue weighted by atomic mass is 10.0. The van der Waals surface area contributed by atoms with Gasteiger partial charge in [-0.1, -0.05) is 6.07 Å². The van der Waals surface area contributed by atoms with Crippen molar-refractivity contribution in [2.24, 2.45) is 0 Å². The Hall–Kier alpha value is -5.28. The molecule has 2 fully saturated rings. The second kappa shape index (κ2) is 13.3. The van der Waals surface area contributed by atoms with E-state index >= 15 is 0 Å². The van der Waals surface area contributed by atoms with Crippen LogP contribution < -0.4 is 4.90 Å². The first-order valence-corrected chi connectivity index (χ1v) is 17.0. The molecule has 0 aromatic carbocycles. The maximum atomic E-state index is 12.5. The molecule has 1 amide bonds. The molecular formula is C37H42N10O2. The second-order valence-electron chi connectivity index (χ2n) is 13.9. The first-order chi connectivity index (χ1) is 23.7. The zero-order chi connectivity index (χ0) is 34.1. The fourth-order valence-electron chi connectivity index (χ4n) is 6.79. The number of hydrogen-bond donors (Lipinski definition) is 0.